The summed E-state index contributed by atoms with van der Waals surface area (Å²) in [6.07, 6.45) is 12.1. The summed E-state index contributed by atoms with van der Waals surface area (Å²) in [5.74, 6) is 0. The van der Waals surface area contributed by atoms with Crippen LogP contribution in [-0.4, -0.2) is 12.3 Å². The van der Waals surface area contributed by atoms with Gasteiger partial charge in [-0.15, -0.1) is 0 Å². The molecule has 4 aliphatic carbocycles. The zero-order valence-electron chi connectivity index (χ0n) is 53.5. The number of aryl methyl sites for hydroxylation is 4. The molecular weight excluding hydrogens is 966 g/mol. The van der Waals surface area contributed by atoms with Crippen molar-refractivity contribution in [2.45, 2.75) is 258 Å². The molecule has 2 atom stereocenters. The zero-order valence-corrected chi connectivity index (χ0v) is 53.5. The largest absolute Gasteiger partial charge is 0.335 e. The van der Waals surface area contributed by atoms with Crippen LogP contribution in [-0.2, 0) is 43.3 Å². The summed E-state index contributed by atoms with van der Waals surface area (Å²) in [6.45, 7) is 52.2. The Morgan fingerprint density at radius 1 is 0.425 bits per heavy atom. The summed E-state index contributed by atoms with van der Waals surface area (Å²) >= 11 is 0. The van der Waals surface area contributed by atoms with Gasteiger partial charge >= 0.3 is 0 Å². The first-order valence-electron chi connectivity index (χ1n) is 31.5. The Bertz CT molecular complexity index is 3580. The molecular formula is C76H96BN3. The van der Waals surface area contributed by atoms with Gasteiger partial charge in [-0.05, 0) is 250 Å². The molecule has 0 radical (unpaired) electrons. The minimum absolute atomic E-state index is 0.0154. The van der Waals surface area contributed by atoms with Crippen LogP contribution in [0.1, 0.15) is 249 Å². The highest BCUT2D eigenvalue weighted by Gasteiger charge is 2.62. The van der Waals surface area contributed by atoms with Crippen molar-refractivity contribution in [1.82, 2.24) is 0 Å². The van der Waals surface area contributed by atoms with Crippen molar-refractivity contribution in [3.63, 3.8) is 0 Å². The molecule has 2 unspecified atom stereocenters. The maximum Gasteiger partial charge on any atom is 0.252 e. The average molecular weight is 1060 g/mol. The van der Waals surface area contributed by atoms with Crippen molar-refractivity contribution in [3.8, 4) is 0 Å². The van der Waals surface area contributed by atoms with E-state index >= 15 is 0 Å². The van der Waals surface area contributed by atoms with E-state index in [0.717, 1.165) is 0 Å². The smallest absolute Gasteiger partial charge is 0.252 e. The SMILES string of the molecule is Cc1cc2c3c(c1)N1c4c(cc(C(C)(C)C)cc4C4(C)CCCCC14C)B3c1ccc(N(c3cc4c(cc3C)C(C)(C)CCC4(C)C)c3cc4c(cc3C)C(C)(C)CCC4(C)C)cc1N2c1cc2c(cc1C)C(C)(C)CCC2(C)C. The summed E-state index contributed by atoms with van der Waals surface area (Å²) in [5, 5.41) is 0. The number of hydrogen-bond donors (Lipinski definition) is 0. The van der Waals surface area contributed by atoms with Crippen LogP contribution in [0.4, 0.5) is 45.5 Å². The van der Waals surface area contributed by atoms with Gasteiger partial charge in [-0.25, -0.2) is 0 Å². The van der Waals surface area contributed by atoms with Crippen molar-refractivity contribution in [2.75, 3.05) is 14.7 Å². The van der Waals surface area contributed by atoms with Crippen molar-refractivity contribution >= 4 is 68.6 Å². The third kappa shape index (κ3) is 7.42. The molecule has 4 heteroatoms. The molecule has 6 aromatic carbocycles. The Morgan fingerprint density at radius 3 is 1.40 bits per heavy atom. The fraction of sp³-hybridized carbons (Fsp3) is 0.526. The van der Waals surface area contributed by atoms with Crippen LogP contribution in [0.3, 0.4) is 0 Å². The van der Waals surface area contributed by atoms with Crippen molar-refractivity contribution in [1.29, 1.82) is 0 Å². The Kier molecular flexibility index (Phi) is 11.3. The summed E-state index contributed by atoms with van der Waals surface area (Å²) in [4.78, 5) is 8.45. The molecule has 0 bridgehead atoms. The van der Waals surface area contributed by atoms with Crippen molar-refractivity contribution < 1.29 is 0 Å². The minimum atomic E-state index is -0.0504. The van der Waals surface area contributed by atoms with E-state index < -0.39 is 0 Å². The lowest BCUT2D eigenvalue weighted by molar-refractivity contribution is 0.195. The van der Waals surface area contributed by atoms with Gasteiger partial charge in [0.05, 0.1) is 5.54 Å². The lowest BCUT2D eigenvalue weighted by Gasteiger charge is -2.53. The number of rotatable bonds is 4. The predicted octanol–water partition coefficient (Wildman–Crippen LogP) is 19.1. The molecule has 13 rings (SSSR count). The van der Waals surface area contributed by atoms with Crippen LogP contribution in [0.15, 0.2) is 78.9 Å². The fourth-order valence-electron chi connectivity index (χ4n) is 17.6. The highest BCUT2D eigenvalue weighted by atomic mass is 15.3. The van der Waals surface area contributed by atoms with Gasteiger partial charge in [0.15, 0.2) is 0 Å². The Hall–Kier alpha value is -5.22. The third-order valence-corrected chi connectivity index (χ3v) is 23.5. The maximum absolute atomic E-state index is 2.93. The normalized spacial score (nSPS) is 24.4. The van der Waals surface area contributed by atoms with Gasteiger partial charge in [0.2, 0.25) is 0 Å². The van der Waals surface area contributed by atoms with Crippen LogP contribution in [0, 0.1) is 27.7 Å². The molecule has 0 aromatic heterocycles. The van der Waals surface area contributed by atoms with E-state index in [2.05, 4.69) is 239 Å². The van der Waals surface area contributed by atoms with Gasteiger partial charge in [0.25, 0.3) is 6.71 Å². The molecule has 80 heavy (non-hydrogen) atoms. The molecule has 3 heterocycles. The molecule has 0 saturated heterocycles. The van der Waals surface area contributed by atoms with E-state index in [-0.39, 0.29) is 55.6 Å². The van der Waals surface area contributed by atoms with Crippen LogP contribution in [0.5, 0.6) is 0 Å². The molecule has 0 spiro atoms. The molecule has 7 aliphatic rings. The highest BCUT2D eigenvalue weighted by molar-refractivity contribution is 7.00. The van der Waals surface area contributed by atoms with Crippen LogP contribution in [0.25, 0.3) is 0 Å². The third-order valence-electron chi connectivity index (χ3n) is 23.5. The van der Waals surface area contributed by atoms with E-state index in [9.17, 15) is 0 Å². The van der Waals surface area contributed by atoms with Gasteiger partial charge in [0, 0.05) is 50.9 Å². The summed E-state index contributed by atoms with van der Waals surface area (Å²) in [6, 6.07) is 34.1. The Balaban J connectivity index is 1.15. The van der Waals surface area contributed by atoms with Gasteiger partial charge < -0.3 is 14.7 Å². The van der Waals surface area contributed by atoms with E-state index in [1.165, 1.54) is 187 Å². The molecule has 0 amide bonds. The maximum atomic E-state index is 2.93. The number of nitrogens with zero attached hydrogens (tertiary/aromatic N) is 3. The van der Waals surface area contributed by atoms with E-state index in [4.69, 9.17) is 0 Å². The molecule has 6 aromatic rings. The van der Waals surface area contributed by atoms with E-state index in [0.29, 0.717) is 0 Å². The van der Waals surface area contributed by atoms with Crippen molar-refractivity contribution in [2.24, 2.45) is 0 Å². The first kappa shape index (κ1) is 54.1. The van der Waals surface area contributed by atoms with Crippen LogP contribution in [0.2, 0.25) is 0 Å². The summed E-state index contributed by atoms with van der Waals surface area (Å²) in [5.41, 5.74) is 33.1. The molecule has 3 aliphatic heterocycles. The van der Waals surface area contributed by atoms with Gasteiger partial charge in [-0.1, -0.05) is 160 Å². The average Bonchev–Trinajstić information content (AvgIpc) is 3.68. The van der Waals surface area contributed by atoms with Gasteiger partial charge in [0.1, 0.15) is 0 Å². The van der Waals surface area contributed by atoms with Gasteiger partial charge in [-0.2, -0.15) is 0 Å². The van der Waals surface area contributed by atoms with E-state index in [1.54, 1.807) is 5.56 Å². The van der Waals surface area contributed by atoms with Gasteiger partial charge in [-0.3, -0.25) is 0 Å². The minimum Gasteiger partial charge on any atom is -0.335 e. The Morgan fingerprint density at radius 2 is 0.887 bits per heavy atom. The monoisotopic (exact) mass is 1060 g/mol. The number of anilines is 8. The summed E-state index contributed by atoms with van der Waals surface area (Å²) < 4.78 is 0. The number of benzene rings is 6. The first-order chi connectivity index (χ1) is 37.1. The molecule has 1 fully saturated rings. The second kappa shape index (κ2) is 16.7. The van der Waals surface area contributed by atoms with Crippen LogP contribution < -0.4 is 31.1 Å². The first-order valence-corrected chi connectivity index (χ1v) is 31.5. The quantitative estimate of drug-likeness (QED) is 0.163. The predicted molar refractivity (Wildman–Crippen MR) is 347 cm³/mol. The highest BCUT2D eigenvalue weighted by Crippen LogP contribution is 2.63. The standard InChI is InChI=1S/C76H96BN3/c1-45-34-64-66-65(35-45)80-67-57(75(20)26-22-23-27-76(75,80)21)39-49(68(5,6)7)40-59(67)77(66)58-25-24-50(41-63(58)79(64)62-44-56-53(38-48(62)4)71(12,13)30-33-74(56,18)19)78(60-42-54-51(36-46(60)2)69(8,9)28-31-72(54,14)15)61-43-55-52(37-47(61)3)70(10,11)29-32-73(55,16)17/h24-25,34-44H,22-23,26-33H2,1-21H3. The second-order valence-corrected chi connectivity index (χ2v) is 32.8. The molecule has 1 saturated carbocycles. The molecule has 3 nitrogen and oxygen atoms in total. The van der Waals surface area contributed by atoms with E-state index in [1.807, 2.05) is 0 Å². The molecule has 418 valence electrons. The topological polar surface area (TPSA) is 9.72 Å². The van der Waals surface area contributed by atoms with Crippen LogP contribution >= 0.6 is 0 Å². The second-order valence-electron chi connectivity index (χ2n) is 32.8. The zero-order chi connectivity index (χ0) is 57.4. The fourth-order valence-corrected chi connectivity index (χ4v) is 17.6. The Labute approximate surface area is 484 Å². The lowest BCUT2D eigenvalue weighted by Crippen LogP contribution is -2.64. The molecule has 0 N–H and O–H groups in total. The number of hydrogen-bond acceptors (Lipinski definition) is 3. The lowest BCUT2D eigenvalue weighted by atomic mass is 9.33. The number of fused-ring (bicyclic) bond motifs is 10. The van der Waals surface area contributed by atoms with Crippen molar-refractivity contribution in [3.05, 3.63) is 146 Å². The summed E-state index contributed by atoms with van der Waals surface area (Å²) in [7, 11) is 0.